The van der Waals surface area contributed by atoms with Gasteiger partial charge >= 0.3 is 0 Å². The van der Waals surface area contributed by atoms with Crippen LogP contribution in [0, 0.1) is 6.92 Å². The summed E-state index contributed by atoms with van der Waals surface area (Å²) < 4.78 is 5.63. The van der Waals surface area contributed by atoms with Crippen LogP contribution in [0.5, 0.6) is 5.75 Å². The van der Waals surface area contributed by atoms with E-state index in [4.69, 9.17) is 4.74 Å². The molecule has 1 fully saturated rings. The van der Waals surface area contributed by atoms with Crippen molar-refractivity contribution in [1.29, 1.82) is 0 Å². The third-order valence-electron chi connectivity index (χ3n) is 3.36. The molecule has 0 radical (unpaired) electrons. The number of ether oxygens (including phenoxy) is 1. The Morgan fingerprint density at radius 3 is 2.86 bits per heavy atom. The molecule has 124 valence electrons. The second-order valence-electron chi connectivity index (χ2n) is 5.30. The van der Waals surface area contributed by atoms with E-state index in [2.05, 4.69) is 17.6 Å². The molecule has 2 rings (SSSR count). The lowest BCUT2D eigenvalue weighted by atomic mass is 10.2. The minimum atomic E-state index is 0. The summed E-state index contributed by atoms with van der Waals surface area (Å²) in [5, 5.41) is 6.33. The van der Waals surface area contributed by atoms with Crippen LogP contribution in [0.25, 0.3) is 0 Å². The van der Waals surface area contributed by atoms with Gasteiger partial charge in [0.2, 0.25) is 5.91 Å². The van der Waals surface area contributed by atoms with E-state index in [0.717, 1.165) is 30.2 Å². The second-order valence-corrected chi connectivity index (χ2v) is 6.44. The van der Waals surface area contributed by atoms with Crippen molar-refractivity contribution in [3.63, 3.8) is 0 Å². The Morgan fingerprint density at radius 1 is 1.41 bits per heavy atom. The normalized spacial score (nSPS) is 17.4. The molecule has 0 aliphatic carbocycles. The standard InChI is InChI=1S/C16H24N2O2S.ClH/c1-13-3-5-15(6-4-13)20-9-2-7-18-16(19)11-14-12-21-10-8-17-14;/h3-6,14,17H,2,7-12H2,1H3,(H,18,19);1H. The lowest BCUT2D eigenvalue weighted by Gasteiger charge is -2.22. The third-order valence-corrected chi connectivity index (χ3v) is 4.49. The number of thioether (sulfide) groups is 1. The molecule has 2 N–H and O–H groups in total. The molecule has 4 nitrogen and oxygen atoms in total. The van der Waals surface area contributed by atoms with Crippen molar-refractivity contribution in [2.24, 2.45) is 0 Å². The maximum Gasteiger partial charge on any atom is 0.221 e. The fourth-order valence-electron chi connectivity index (χ4n) is 2.17. The first-order valence-corrected chi connectivity index (χ1v) is 8.67. The SMILES string of the molecule is Cc1ccc(OCCCNC(=O)CC2CSCCN2)cc1.Cl. The molecule has 1 aromatic carbocycles. The summed E-state index contributed by atoms with van der Waals surface area (Å²) in [7, 11) is 0. The summed E-state index contributed by atoms with van der Waals surface area (Å²) in [6.45, 7) is 4.36. The van der Waals surface area contributed by atoms with E-state index in [0.29, 0.717) is 25.6 Å². The number of carbonyl (C=O) groups excluding carboxylic acids is 1. The highest BCUT2D eigenvalue weighted by molar-refractivity contribution is 7.99. The number of benzene rings is 1. The van der Waals surface area contributed by atoms with E-state index in [1.165, 1.54) is 5.56 Å². The van der Waals surface area contributed by atoms with Crippen LogP contribution in [0.2, 0.25) is 0 Å². The zero-order chi connectivity index (χ0) is 14.9. The van der Waals surface area contributed by atoms with Gasteiger partial charge < -0.3 is 15.4 Å². The number of halogens is 1. The Bertz CT molecular complexity index is 436. The summed E-state index contributed by atoms with van der Waals surface area (Å²) in [6, 6.07) is 8.34. The van der Waals surface area contributed by atoms with Gasteiger partial charge in [0, 0.05) is 37.1 Å². The Hall–Kier alpha value is -0.910. The zero-order valence-electron chi connectivity index (χ0n) is 13.0. The van der Waals surface area contributed by atoms with Crippen molar-refractivity contribution in [3.8, 4) is 5.75 Å². The van der Waals surface area contributed by atoms with Crippen LogP contribution in [-0.4, -0.2) is 43.2 Å². The average molecular weight is 345 g/mol. The summed E-state index contributed by atoms with van der Waals surface area (Å²) in [6.07, 6.45) is 1.40. The van der Waals surface area contributed by atoms with Crippen LogP contribution in [0.15, 0.2) is 24.3 Å². The second kappa shape index (κ2) is 10.8. The van der Waals surface area contributed by atoms with Gasteiger partial charge in [-0.2, -0.15) is 11.8 Å². The summed E-state index contributed by atoms with van der Waals surface area (Å²) in [4.78, 5) is 11.8. The molecular formula is C16H25ClN2O2S. The van der Waals surface area contributed by atoms with E-state index in [1.807, 2.05) is 36.0 Å². The Balaban J connectivity index is 0.00000242. The van der Waals surface area contributed by atoms with Crippen LogP contribution in [-0.2, 0) is 4.79 Å². The van der Waals surface area contributed by atoms with Gasteiger partial charge in [-0.15, -0.1) is 12.4 Å². The number of rotatable bonds is 7. The topological polar surface area (TPSA) is 50.4 Å². The van der Waals surface area contributed by atoms with Crippen molar-refractivity contribution in [2.45, 2.75) is 25.8 Å². The van der Waals surface area contributed by atoms with Gasteiger partial charge in [-0.25, -0.2) is 0 Å². The summed E-state index contributed by atoms with van der Waals surface area (Å²) in [5.74, 6) is 3.19. The molecule has 0 spiro atoms. The predicted molar refractivity (Wildman–Crippen MR) is 95.3 cm³/mol. The number of amides is 1. The van der Waals surface area contributed by atoms with Crippen molar-refractivity contribution in [2.75, 3.05) is 31.2 Å². The van der Waals surface area contributed by atoms with Crippen LogP contribution in [0.3, 0.4) is 0 Å². The molecule has 1 atom stereocenters. The molecular weight excluding hydrogens is 320 g/mol. The monoisotopic (exact) mass is 344 g/mol. The number of hydrogen-bond acceptors (Lipinski definition) is 4. The van der Waals surface area contributed by atoms with Crippen molar-refractivity contribution < 1.29 is 9.53 Å². The third kappa shape index (κ3) is 7.38. The molecule has 22 heavy (non-hydrogen) atoms. The van der Waals surface area contributed by atoms with Gasteiger partial charge in [-0.05, 0) is 25.5 Å². The van der Waals surface area contributed by atoms with Crippen LogP contribution < -0.4 is 15.4 Å². The van der Waals surface area contributed by atoms with Gasteiger partial charge in [-0.1, -0.05) is 17.7 Å². The molecule has 1 heterocycles. The maximum atomic E-state index is 11.8. The zero-order valence-corrected chi connectivity index (χ0v) is 14.6. The highest BCUT2D eigenvalue weighted by Gasteiger charge is 2.16. The van der Waals surface area contributed by atoms with E-state index in [1.54, 1.807) is 0 Å². The van der Waals surface area contributed by atoms with Crippen LogP contribution in [0.4, 0.5) is 0 Å². The van der Waals surface area contributed by atoms with Crippen molar-refractivity contribution in [1.82, 2.24) is 10.6 Å². The Labute approximate surface area is 143 Å². The molecule has 1 saturated heterocycles. The smallest absolute Gasteiger partial charge is 0.221 e. The van der Waals surface area contributed by atoms with Gasteiger partial charge in [0.15, 0.2) is 0 Å². The first kappa shape index (κ1) is 19.1. The minimum absolute atomic E-state index is 0. The number of aryl methyl sites for hydroxylation is 1. The highest BCUT2D eigenvalue weighted by atomic mass is 35.5. The van der Waals surface area contributed by atoms with Crippen molar-refractivity contribution >= 4 is 30.1 Å². The lowest BCUT2D eigenvalue weighted by molar-refractivity contribution is -0.121. The lowest BCUT2D eigenvalue weighted by Crippen LogP contribution is -2.41. The minimum Gasteiger partial charge on any atom is -0.494 e. The van der Waals surface area contributed by atoms with E-state index in [-0.39, 0.29) is 18.3 Å². The Kier molecular flexibility index (Phi) is 9.36. The molecule has 1 aliphatic heterocycles. The van der Waals surface area contributed by atoms with Crippen LogP contribution >= 0.6 is 24.2 Å². The molecule has 0 aromatic heterocycles. The van der Waals surface area contributed by atoms with Gasteiger partial charge in [-0.3, -0.25) is 4.79 Å². The van der Waals surface area contributed by atoms with Gasteiger partial charge in [0.1, 0.15) is 5.75 Å². The van der Waals surface area contributed by atoms with E-state index >= 15 is 0 Å². The first-order valence-electron chi connectivity index (χ1n) is 7.51. The van der Waals surface area contributed by atoms with E-state index in [9.17, 15) is 4.79 Å². The fraction of sp³-hybridized carbons (Fsp3) is 0.562. The highest BCUT2D eigenvalue weighted by Crippen LogP contribution is 2.11. The number of carbonyl (C=O) groups is 1. The summed E-state index contributed by atoms with van der Waals surface area (Å²) in [5.41, 5.74) is 1.23. The number of nitrogens with one attached hydrogen (secondary N) is 2. The molecule has 0 bridgehead atoms. The molecule has 1 unspecified atom stereocenters. The summed E-state index contributed by atoms with van der Waals surface area (Å²) >= 11 is 1.91. The maximum absolute atomic E-state index is 11.8. The molecule has 0 saturated carbocycles. The molecule has 1 amide bonds. The van der Waals surface area contributed by atoms with Crippen molar-refractivity contribution in [3.05, 3.63) is 29.8 Å². The predicted octanol–water partition coefficient (Wildman–Crippen LogP) is 2.40. The average Bonchev–Trinajstić information content (AvgIpc) is 2.50. The molecule has 1 aliphatic rings. The first-order chi connectivity index (χ1) is 10.2. The largest absolute Gasteiger partial charge is 0.494 e. The quantitative estimate of drug-likeness (QED) is 0.746. The van der Waals surface area contributed by atoms with Crippen LogP contribution in [0.1, 0.15) is 18.4 Å². The molecule has 1 aromatic rings. The number of hydrogen-bond donors (Lipinski definition) is 2. The Morgan fingerprint density at radius 2 is 2.18 bits per heavy atom. The molecule has 6 heteroatoms. The van der Waals surface area contributed by atoms with Gasteiger partial charge in [0.25, 0.3) is 0 Å². The van der Waals surface area contributed by atoms with E-state index < -0.39 is 0 Å². The fourth-order valence-corrected chi connectivity index (χ4v) is 3.12. The van der Waals surface area contributed by atoms with Gasteiger partial charge in [0.05, 0.1) is 6.61 Å².